The summed E-state index contributed by atoms with van der Waals surface area (Å²) in [5, 5.41) is 3.77. The van der Waals surface area contributed by atoms with E-state index in [2.05, 4.69) is 18.3 Å². The average Bonchev–Trinajstić information content (AvgIpc) is 2.22. The number of nitrogens with one attached hydrogen (secondary N) is 1. The minimum absolute atomic E-state index is 0.735. The lowest BCUT2D eigenvalue weighted by atomic mass is 9.75. The predicted octanol–water partition coefficient (Wildman–Crippen LogP) is 3.66. The van der Waals surface area contributed by atoms with Crippen LogP contribution in [0.25, 0.3) is 0 Å². The fraction of sp³-hybridized carbons (Fsp3) is 0.857. The number of rotatable bonds is 5. The van der Waals surface area contributed by atoms with Crippen LogP contribution in [-0.2, 0) is 0 Å². The summed E-state index contributed by atoms with van der Waals surface area (Å²) < 4.78 is 0. The summed E-state index contributed by atoms with van der Waals surface area (Å²) in [7, 11) is 0. The Labute approximate surface area is 94.3 Å². The van der Waals surface area contributed by atoms with Crippen LogP contribution in [0.4, 0.5) is 0 Å². The summed E-state index contributed by atoms with van der Waals surface area (Å²) in [6.07, 6.45) is 13.7. The average molecular weight is 207 g/mol. The predicted molar refractivity (Wildman–Crippen MR) is 66.0 cm³/mol. The molecule has 0 aromatic heterocycles. The molecule has 0 bridgehead atoms. The molecule has 2 rings (SSSR count). The van der Waals surface area contributed by atoms with Crippen molar-refractivity contribution in [2.24, 2.45) is 5.92 Å². The molecular formula is C14H25N. The van der Waals surface area contributed by atoms with Gasteiger partial charge >= 0.3 is 0 Å². The molecule has 0 heterocycles. The van der Waals surface area contributed by atoms with Gasteiger partial charge in [0, 0.05) is 6.04 Å². The number of hydrogen-bond acceptors (Lipinski definition) is 1. The molecule has 0 aromatic carbocycles. The van der Waals surface area contributed by atoms with Gasteiger partial charge in [-0.3, -0.25) is 0 Å². The van der Waals surface area contributed by atoms with Crippen LogP contribution in [-0.4, -0.2) is 12.6 Å². The first-order valence-electron chi connectivity index (χ1n) is 6.84. The van der Waals surface area contributed by atoms with E-state index in [0.29, 0.717) is 0 Å². The molecule has 1 atom stereocenters. The third kappa shape index (κ3) is 2.84. The minimum Gasteiger partial charge on any atom is -0.310 e. The van der Waals surface area contributed by atoms with Crippen molar-refractivity contribution in [3.63, 3.8) is 0 Å². The molecule has 1 unspecified atom stereocenters. The highest BCUT2D eigenvalue weighted by molar-refractivity contribution is 5.15. The normalized spacial score (nSPS) is 24.5. The molecule has 86 valence electrons. The van der Waals surface area contributed by atoms with Gasteiger partial charge in [-0.25, -0.2) is 0 Å². The molecule has 0 spiro atoms. The summed E-state index contributed by atoms with van der Waals surface area (Å²) in [6.45, 7) is 3.46. The van der Waals surface area contributed by atoms with Crippen molar-refractivity contribution in [2.75, 3.05) is 6.54 Å². The fourth-order valence-electron chi connectivity index (χ4n) is 2.82. The van der Waals surface area contributed by atoms with E-state index in [1.165, 1.54) is 57.9 Å². The Balaban J connectivity index is 1.93. The summed E-state index contributed by atoms with van der Waals surface area (Å²) in [4.78, 5) is 0. The Morgan fingerprint density at radius 1 is 1.33 bits per heavy atom. The molecule has 0 aromatic rings. The van der Waals surface area contributed by atoms with Crippen molar-refractivity contribution in [3.05, 3.63) is 11.6 Å². The maximum Gasteiger partial charge on any atom is 0.0307 e. The molecule has 1 fully saturated rings. The van der Waals surface area contributed by atoms with E-state index < -0.39 is 0 Å². The van der Waals surface area contributed by atoms with E-state index in [1.54, 1.807) is 5.57 Å². The minimum atomic E-state index is 0.735. The lowest BCUT2D eigenvalue weighted by Crippen LogP contribution is -2.41. The lowest BCUT2D eigenvalue weighted by Gasteiger charge is -2.37. The fourth-order valence-corrected chi connectivity index (χ4v) is 2.82. The van der Waals surface area contributed by atoms with Gasteiger partial charge < -0.3 is 5.32 Å². The smallest absolute Gasteiger partial charge is 0.0307 e. The van der Waals surface area contributed by atoms with Gasteiger partial charge in [-0.2, -0.15) is 0 Å². The molecule has 1 N–H and O–H groups in total. The van der Waals surface area contributed by atoms with Gasteiger partial charge in [0.1, 0.15) is 0 Å². The summed E-state index contributed by atoms with van der Waals surface area (Å²) in [5.74, 6) is 0.959. The first kappa shape index (κ1) is 11.2. The standard InChI is InChI=1S/C14H25N/c1-2-11-15-14(13-9-6-10-13)12-7-4-3-5-8-12/h7,13-15H,2-6,8-11H2,1H3. The molecule has 0 radical (unpaired) electrons. The van der Waals surface area contributed by atoms with Crippen molar-refractivity contribution in [2.45, 2.75) is 64.3 Å². The van der Waals surface area contributed by atoms with E-state index in [1.807, 2.05) is 0 Å². The zero-order valence-corrected chi connectivity index (χ0v) is 10.1. The van der Waals surface area contributed by atoms with Gasteiger partial charge in [0.05, 0.1) is 0 Å². The summed E-state index contributed by atoms with van der Waals surface area (Å²) in [5.41, 5.74) is 1.74. The van der Waals surface area contributed by atoms with Crippen molar-refractivity contribution >= 4 is 0 Å². The molecule has 0 saturated heterocycles. The van der Waals surface area contributed by atoms with E-state index in [4.69, 9.17) is 0 Å². The van der Waals surface area contributed by atoms with Crippen molar-refractivity contribution in [3.8, 4) is 0 Å². The molecule has 2 aliphatic carbocycles. The lowest BCUT2D eigenvalue weighted by molar-refractivity contribution is 0.246. The molecule has 0 amide bonds. The number of hydrogen-bond donors (Lipinski definition) is 1. The molecule has 0 aliphatic heterocycles. The van der Waals surface area contributed by atoms with Gasteiger partial charge in [-0.05, 0) is 57.4 Å². The van der Waals surface area contributed by atoms with Crippen LogP contribution in [0.1, 0.15) is 58.3 Å². The first-order chi connectivity index (χ1) is 7.42. The second kappa shape index (κ2) is 5.69. The Morgan fingerprint density at radius 2 is 2.20 bits per heavy atom. The largest absolute Gasteiger partial charge is 0.310 e. The molecule has 1 heteroatoms. The Kier molecular flexibility index (Phi) is 4.25. The van der Waals surface area contributed by atoms with Crippen molar-refractivity contribution in [1.29, 1.82) is 0 Å². The Bertz CT molecular complexity index is 215. The molecule has 1 nitrogen and oxygen atoms in total. The van der Waals surface area contributed by atoms with E-state index in [0.717, 1.165) is 12.0 Å². The topological polar surface area (TPSA) is 12.0 Å². The first-order valence-corrected chi connectivity index (χ1v) is 6.84. The van der Waals surface area contributed by atoms with Crippen LogP contribution in [0.2, 0.25) is 0 Å². The van der Waals surface area contributed by atoms with Crippen LogP contribution in [0.5, 0.6) is 0 Å². The van der Waals surface area contributed by atoms with E-state index in [9.17, 15) is 0 Å². The highest BCUT2D eigenvalue weighted by atomic mass is 14.9. The van der Waals surface area contributed by atoms with Gasteiger partial charge in [0.15, 0.2) is 0 Å². The highest BCUT2D eigenvalue weighted by Gasteiger charge is 2.29. The van der Waals surface area contributed by atoms with E-state index in [-0.39, 0.29) is 0 Å². The van der Waals surface area contributed by atoms with Gasteiger partial charge in [-0.1, -0.05) is 25.0 Å². The quantitative estimate of drug-likeness (QED) is 0.678. The van der Waals surface area contributed by atoms with Crippen LogP contribution >= 0.6 is 0 Å². The van der Waals surface area contributed by atoms with Gasteiger partial charge in [0.25, 0.3) is 0 Å². The van der Waals surface area contributed by atoms with Crippen molar-refractivity contribution < 1.29 is 0 Å². The number of allylic oxidation sites excluding steroid dienone is 1. The SMILES string of the molecule is CCCNC(C1=CCCCC1)C1CCC1. The van der Waals surface area contributed by atoms with Crippen LogP contribution in [0.3, 0.4) is 0 Å². The Hall–Kier alpha value is -0.300. The van der Waals surface area contributed by atoms with Crippen LogP contribution in [0.15, 0.2) is 11.6 Å². The summed E-state index contributed by atoms with van der Waals surface area (Å²) >= 11 is 0. The van der Waals surface area contributed by atoms with Crippen molar-refractivity contribution in [1.82, 2.24) is 5.32 Å². The monoisotopic (exact) mass is 207 g/mol. The molecule has 1 saturated carbocycles. The highest BCUT2D eigenvalue weighted by Crippen LogP contribution is 2.35. The zero-order chi connectivity index (χ0) is 10.5. The third-order valence-electron chi connectivity index (χ3n) is 3.96. The summed E-state index contributed by atoms with van der Waals surface area (Å²) in [6, 6.07) is 0.735. The zero-order valence-electron chi connectivity index (χ0n) is 10.1. The maximum absolute atomic E-state index is 3.77. The Morgan fingerprint density at radius 3 is 2.73 bits per heavy atom. The second-order valence-corrected chi connectivity index (χ2v) is 5.15. The van der Waals surface area contributed by atoms with Gasteiger partial charge in [-0.15, -0.1) is 0 Å². The van der Waals surface area contributed by atoms with Crippen LogP contribution in [0, 0.1) is 5.92 Å². The van der Waals surface area contributed by atoms with E-state index >= 15 is 0 Å². The molecule has 2 aliphatic rings. The molecular weight excluding hydrogens is 182 g/mol. The third-order valence-corrected chi connectivity index (χ3v) is 3.96. The maximum atomic E-state index is 3.77. The molecule has 15 heavy (non-hydrogen) atoms. The van der Waals surface area contributed by atoms with Crippen LogP contribution < -0.4 is 5.32 Å². The second-order valence-electron chi connectivity index (χ2n) is 5.15. The van der Waals surface area contributed by atoms with Gasteiger partial charge in [0.2, 0.25) is 0 Å².